The van der Waals surface area contributed by atoms with Crippen molar-refractivity contribution in [3.8, 4) is 5.75 Å². The third-order valence-electron chi connectivity index (χ3n) is 2.13. The summed E-state index contributed by atoms with van der Waals surface area (Å²) in [5, 5.41) is 9.16. The molecular formula is C13H11BrOS. The van der Waals surface area contributed by atoms with Gasteiger partial charge in [0.05, 0.1) is 0 Å². The van der Waals surface area contributed by atoms with Crippen LogP contribution >= 0.6 is 27.7 Å². The van der Waals surface area contributed by atoms with Gasteiger partial charge in [0.25, 0.3) is 0 Å². The van der Waals surface area contributed by atoms with E-state index in [0.29, 0.717) is 5.75 Å². The lowest BCUT2D eigenvalue weighted by Crippen LogP contribution is -1.80. The average Bonchev–Trinajstić information content (AvgIpc) is 2.28. The molecular weight excluding hydrogens is 284 g/mol. The van der Waals surface area contributed by atoms with Gasteiger partial charge in [0.15, 0.2) is 0 Å². The Balaban J connectivity index is 1.99. The Hall–Kier alpha value is -0.930. The van der Waals surface area contributed by atoms with Crippen LogP contribution in [0.15, 0.2) is 57.9 Å². The van der Waals surface area contributed by atoms with E-state index in [1.807, 2.05) is 24.3 Å². The van der Waals surface area contributed by atoms with Gasteiger partial charge in [0.1, 0.15) is 5.75 Å². The van der Waals surface area contributed by atoms with Crippen LogP contribution in [0.2, 0.25) is 0 Å². The molecule has 0 saturated carbocycles. The monoisotopic (exact) mass is 294 g/mol. The van der Waals surface area contributed by atoms with Crippen LogP contribution in [0.4, 0.5) is 0 Å². The van der Waals surface area contributed by atoms with Crippen LogP contribution in [0.5, 0.6) is 5.75 Å². The van der Waals surface area contributed by atoms with Gasteiger partial charge in [-0.1, -0.05) is 28.1 Å². The van der Waals surface area contributed by atoms with E-state index in [1.165, 1.54) is 5.56 Å². The molecule has 0 aliphatic rings. The number of aromatic hydroxyl groups is 1. The molecule has 82 valence electrons. The van der Waals surface area contributed by atoms with E-state index in [9.17, 15) is 0 Å². The van der Waals surface area contributed by atoms with Crippen LogP contribution in [0, 0.1) is 0 Å². The van der Waals surface area contributed by atoms with E-state index < -0.39 is 0 Å². The Morgan fingerprint density at radius 2 is 1.81 bits per heavy atom. The maximum absolute atomic E-state index is 9.16. The number of benzene rings is 2. The van der Waals surface area contributed by atoms with Crippen LogP contribution in [0.1, 0.15) is 5.56 Å². The zero-order chi connectivity index (χ0) is 11.4. The molecule has 1 nitrogen and oxygen atoms in total. The standard InChI is InChI=1S/C13H11BrOS/c14-11-3-1-2-10(8-11)9-16-13-6-4-12(15)5-7-13/h1-8,15H,9H2. The Bertz CT molecular complexity index is 468. The van der Waals surface area contributed by atoms with Crippen molar-refractivity contribution < 1.29 is 5.11 Å². The minimum absolute atomic E-state index is 0.312. The predicted molar refractivity (Wildman–Crippen MR) is 71.8 cm³/mol. The smallest absolute Gasteiger partial charge is 0.115 e. The Morgan fingerprint density at radius 3 is 2.50 bits per heavy atom. The van der Waals surface area contributed by atoms with Crippen molar-refractivity contribution in [3.63, 3.8) is 0 Å². The fourth-order valence-corrected chi connectivity index (χ4v) is 2.62. The second kappa shape index (κ2) is 5.41. The topological polar surface area (TPSA) is 20.2 Å². The lowest BCUT2D eigenvalue weighted by molar-refractivity contribution is 0.475. The molecule has 0 amide bonds. The molecule has 3 heteroatoms. The van der Waals surface area contributed by atoms with Crippen LogP contribution in [0.25, 0.3) is 0 Å². The maximum Gasteiger partial charge on any atom is 0.115 e. The summed E-state index contributed by atoms with van der Waals surface area (Å²) in [5.74, 6) is 1.25. The minimum atomic E-state index is 0.312. The van der Waals surface area contributed by atoms with Gasteiger partial charge in [-0.25, -0.2) is 0 Å². The highest BCUT2D eigenvalue weighted by Crippen LogP contribution is 2.25. The maximum atomic E-state index is 9.16. The first-order valence-electron chi connectivity index (χ1n) is 4.90. The Morgan fingerprint density at radius 1 is 1.06 bits per heavy atom. The predicted octanol–water partition coefficient (Wildman–Crippen LogP) is 4.45. The van der Waals surface area contributed by atoms with Crippen molar-refractivity contribution in [3.05, 3.63) is 58.6 Å². The quantitative estimate of drug-likeness (QED) is 0.844. The van der Waals surface area contributed by atoms with E-state index in [2.05, 4.69) is 28.1 Å². The number of halogens is 1. The van der Waals surface area contributed by atoms with Gasteiger partial charge in [-0.15, -0.1) is 11.8 Å². The van der Waals surface area contributed by atoms with E-state index in [0.717, 1.165) is 15.1 Å². The van der Waals surface area contributed by atoms with Gasteiger partial charge in [0.2, 0.25) is 0 Å². The Labute approximate surface area is 108 Å². The number of rotatable bonds is 3. The van der Waals surface area contributed by atoms with Crippen molar-refractivity contribution in [2.45, 2.75) is 10.6 Å². The van der Waals surface area contributed by atoms with E-state index in [4.69, 9.17) is 5.11 Å². The molecule has 0 fully saturated rings. The van der Waals surface area contributed by atoms with Crippen LogP contribution < -0.4 is 0 Å². The molecule has 2 aromatic rings. The normalized spacial score (nSPS) is 10.3. The van der Waals surface area contributed by atoms with Crippen molar-refractivity contribution in [2.24, 2.45) is 0 Å². The van der Waals surface area contributed by atoms with Crippen molar-refractivity contribution >= 4 is 27.7 Å². The molecule has 0 radical (unpaired) electrons. The first kappa shape index (κ1) is 11.6. The van der Waals surface area contributed by atoms with E-state index >= 15 is 0 Å². The molecule has 0 spiro atoms. The Kier molecular flexibility index (Phi) is 3.91. The summed E-state index contributed by atoms with van der Waals surface area (Å²) in [6.07, 6.45) is 0. The minimum Gasteiger partial charge on any atom is -0.508 e. The molecule has 0 heterocycles. The number of thioether (sulfide) groups is 1. The molecule has 0 bridgehead atoms. The second-order valence-electron chi connectivity index (χ2n) is 3.41. The number of phenolic OH excluding ortho intramolecular Hbond substituents is 1. The van der Waals surface area contributed by atoms with Crippen LogP contribution in [-0.4, -0.2) is 5.11 Å². The van der Waals surface area contributed by atoms with Gasteiger partial charge < -0.3 is 5.11 Å². The van der Waals surface area contributed by atoms with Crippen LogP contribution in [0.3, 0.4) is 0 Å². The molecule has 2 rings (SSSR count). The molecule has 2 aromatic carbocycles. The zero-order valence-corrected chi connectivity index (χ0v) is 11.0. The summed E-state index contributed by atoms with van der Waals surface area (Å²) in [6.45, 7) is 0. The van der Waals surface area contributed by atoms with Gasteiger partial charge in [-0.3, -0.25) is 0 Å². The number of hydrogen-bond donors (Lipinski definition) is 1. The fourth-order valence-electron chi connectivity index (χ4n) is 1.34. The first-order valence-corrected chi connectivity index (χ1v) is 6.68. The first-order chi connectivity index (χ1) is 7.74. The van der Waals surface area contributed by atoms with Crippen LogP contribution in [-0.2, 0) is 5.75 Å². The summed E-state index contributed by atoms with van der Waals surface area (Å²) in [4.78, 5) is 1.16. The molecule has 0 aliphatic carbocycles. The summed E-state index contributed by atoms with van der Waals surface area (Å²) in [5.41, 5.74) is 1.28. The molecule has 0 aliphatic heterocycles. The van der Waals surface area contributed by atoms with Gasteiger partial charge in [-0.2, -0.15) is 0 Å². The third-order valence-corrected chi connectivity index (χ3v) is 3.71. The zero-order valence-electron chi connectivity index (χ0n) is 8.56. The summed E-state index contributed by atoms with van der Waals surface area (Å²) in [7, 11) is 0. The SMILES string of the molecule is Oc1ccc(SCc2cccc(Br)c2)cc1. The third kappa shape index (κ3) is 3.29. The average molecular weight is 295 g/mol. The largest absolute Gasteiger partial charge is 0.508 e. The molecule has 0 saturated heterocycles. The lowest BCUT2D eigenvalue weighted by Gasteiger charge is -2.02. The van der Waals surface area contributed by atoms with Crippen molar-refractivity contribution in [1.82, 2.24) is 0 Å². The van der Waals surface area contributed by atoms with E-state index in [-0.39, 0.29) is 0 Å². The highest BCUT2D eigenvalue weighted by molar-refractivity contribution is 9.10. The molecule has 0 atom stereocenters. The van der Waals surface area contributed by atoms with Gasteiger partial charge in [-0.05, 0) is 42.0 Å². The van der Waals surface area contributed by atoms with E-state index in [1.54, 1.807) is 23.9 Å². The molecule has 0 unspecified atom stereocenters. The van der Waals surface area contributed by atoms with Crippen molar-refractivity contribution in [1.29, 1.82) is 0 Å². The second-order valence-corrected chi connectivity index (χ2v) is 5.38. The highest BCUT2D eigenvalue weighted by Gasteiger charge is 1.97. The lowest BCUT2D eigenvalue weighted by atomic mass is 10.2. The molecule has 0 aromatic heterocycles. The van der Waals surface area contributed by atoms with Gasteiger partial charge >= 0.3 is 0 Å². The molecule has 1 N–H and O–H groups in total. The van der Waals surface area contributed by atoms with Gasteiger partial charge in [0, 0.05) is 15.1 Å². The highest BCUT2D eigenvalue weighted by atomic mass is 79.9. The molecule has 16 heavy (non-hydrogen) atoms. The number of hydrogen-bond acceptors (Lipinski definition) is 2. The number of phenols is 1. The fraction of sp³-hybridized carbons (Fsp3) is 0.0769. The summed E-state index contributed by atoms with van der Waals surface area (Å²) >= 11 is 5.21. The van der Waals surface area contributed by atoms with Crippen molar-refractivity contribution in [2.75, 3.05) is 0 Å². The summed E-state index contributed by atoms with van der Waals surface area (Å²) in [6, 6.07) is 15.6. The summed E-state index contributed by atoms with van der Waals surface area (Å²) < 4.78 is 1.11.